The first-order chi connectivity index (χ1) is 57.5. The minimum atomic E-state index is -1.96. The number of guanidine groups is 3. The highest BCUT2D eigenvalue weighted by molar-refractivity contribution is 14.1. The van der Waals surface area contributed by atoms with Gasteiger partial charge in [-0.25, -0.2) is 0 Å². The number of carbonyl (C=O) groups excluding carboxylic acids is 14. The summed E-state index contributed by atoms with van der Waals surface area (Å²) >= 11 is 1.52. The third-order valence-corrected chi connectivity index (χ3v) is 19.7. The van der Waals surface area contributed by atoms with Crippen molar-refractivity contribution in [2.45, 2.75) is 183 Å². The molecule has 30 N–H and O–H groups in total. The molecule has 13 atom stereocenters. The summed E-state index contributed by atoms with van der Waals surface area (Å²) in [6.45, 7) is 4.42. The number of carbonyl (C=O) groups is 14. The van der Waals surface area contributed by atoms with Crippen molar-refractivity contribution in [1.82, 2.24) is 79.8 Å². The fraction of sp³-hybridized carbons (Fsp3) is 0.420. The van der Waals surface area contributed by atoms with E-state index >= 15 is 0 Å². The Morgan fingerprint density at radius 3 is 0.901 bits per heavy atom. The quantitative estimate of drug-likeness (QED) is 0.00587. The number of rotatable bonds is 52. The molecule has 121 heavy (non-hydrogen) atoms. The lowest BCUT2D eigenvalue weighted by atomic mass is 9.99. The number of hydrogen-bond acceptors (Lipinski definition) is 20. The summed E-state index contributed by atoms with van der Waals surface area (Å²) in [4.78, 5) is 199. The minimum absolute atomic E-state index is 0.00355. The van der Waals surface area contributed by atoms with E-state index < -0.39 is 190 Å². The van der Waals surface area contributed by atoms with Crippen LogP contribution in [0.2, 0.25) is 0 Å². The number of amides is 13. The van der Waals surface area contributed by atoms with Crippen molar-refractivity contribution in [3.63, 3.8) is 0 Å². The Kier molecular flexibility index (Phi) is 42.0. The number of nitrogens with one attached hydrogen (secondary N) is 18. The lowest BCUT2D eigenvalue weighted by Gasteiger charge is -2.29. The molecule has 5 aromatic carbocycles. The molecule has 0 saturated carbocycles. The van der Waals surface area contributed by atoms with Crippen LogP contribution < -0.4 is 108 Å². The Bertz CT molecular complexity index is 4330. The second-order valence-corrected chi connectivity index (χ2v) is 30.1. The van der Waals surface area contributed by atoms with E-state index in [-0.39, 0.29) is 95.6 Å². The fourth-order valence-electron chi connectivity index (χ4n) is 12.5. The first kappa shape index (κ1) is 98.7. The van der Waals surface area contributed by atoms with Crippen molar-refractivity contribution in [3.8, 4) is 5.75 Å². The van der Waals surface area contributed by atoms with Crippen LogP contribution in [0.4, 0.5) is 0 Å². The van der Waals surface area contributed by atoms with Gasteiger partial charge in [-0.3, -0.25) is 83.4 Å². The van der Waals surface area contributed by atoms with Crippen molar-refractivity contribution in [1.29, 1.82) is 16.2 Å². The standard InChI is InChI=1S/C81H112IN23O16/c1-45(2)65(104-76(119)60(42-50-26-15-8-16-27-50)98-70(113)56(91-4)38-51-31-33-52(107)34-32-51)77(120)103-62(44-64(84)109)75(118)100-57(39-47-20-9-5-10-21-47)72(115)96-54(29-18-36-93-80(87)88)68(111)101-61(43-63(83)108)74(117)99-58(40-48-22-11-6-12-23-48)73(116)97-55(30-19-37-94-81(89)90)69(112)105-66(46(3)106)78(121)102-59(41-49-24-13-7-14-25-49)71(114)95-53(67(82)110)28-17-35-92-79(85)86/h5-16,20-27,31-34,45-46,53-62,65-66,91,106-107H,17-19,28-30,35-44H2,1-4H3,(H2,83,108)(H2,84,109)(H,95,114)(H,96,115)(H,97,116)(H,98,113)(H,99,117)(H,100,118)(H,101,111)(H,102,121)(H,103,120)(H,104,119)(H,105,112)(H4,85,86,92)(H4,87,88,93)(H4,89,90,94)/t46-,53+,54+,55+,56-,57+,58+,59+,60+,61+,62+,65+,66+/m1/s1. The van der Waals surface area contributed by atoms with Crippen LogP contribution >= 0.6 is 22.6 Å². The molecule has 40 heteroatoms. The number of aliphatic hydroxyl groups is 1. The zero-order chi connectivity index (χ0) is 89.3. The number of aliphatic hydroxyl groups excluding tert-OH is 1. The van der Waals surface area contributed by atoms with Crippen molar-refractivity contribution in [2.75, 3.05) is 26.7 Å². The Hall–Kier alpha value is -12.9. The number of aromatic hydroxyl groups is 1. The highest BCUT2D eigenvalue weighted by atomic mass is 127. The molecule has 0 unspecified atom stereocenters. The first-order valence-electron chi connectivity index (χ1n) is 39.1. The SMILES string of the molecule is CN[C@H](Cc1ccc(O)cc1)C(=O)N[C@@H](Cc1ccccc1)C(=O)N[C@H](C(=O)N[C@@H](CC(N)=O)C(=O)N[C@@H](Cc1ccccc1)C(=O)N[C@@H](CCCNC(=N)N)C(=O)N[C@@H](CC(N)=O)C(=O)N[C@@H](Cc1ccccc1)C(=O)N[C@@H](CCCNC(=N)N)C(=O)N[C@H](C(=O)N[C@@H](Cc1ccccc1)C(=O)N[C@@H](CCCNC(=N)N)C(=O)I)[C@@H](C)O)C(C)C. The van der Waals surface area contributed by atoms with E-state index in [4.69, 9.17) is 44.9 Å². The third kappa shape index (κ3) is 36.5. The molecule has 0 spiro atoms. The van der Waals surface area contributed by atoms with Crippen molar-refractivity contribution >= 4 is 121 Å². The summed E-state index contributed by atoms with van der Waals surface area (Å²) in [6.07, 6.45) is -4.44. The van der Waals surface area contributed by atoms with Gasteiger partial charge in [0.25, 0.3) is 0 Å². The van der Waals surface area contributed by atoms with Crippen LogP contribution in [-0.4, -0.2) is 214 Å². The maximum absolute atomic E-state index is 15.0. The monoisotopic (exact) mass is 1790 g/mol. The van der Waals surface area contributed by atoms with Gasteiger partial charge in [0.1, 0.15) is 66.2 Å². The van der Waals surface area contributed by atoms with Gasteiger partial charge < -0.3 is 119 Å². The lowest BCUT2D eigenvalue weighted by molar-refractivity contribution is -0.137. The molecule has 0 radical (unpaired) electrons. The molecule has 0 aliphatic heterocycles. The number of likely N-dealkylation sites (N-methyl/N-ethyl adjacent to an activating group) is 1. The molecule has 654 valence electrons. The Balaban J connectivity index is 1.43. The van der Waals surface area contributed by atoms with Crippen molar-refractivity contribution in [2.24, 2.45) is 34.6 Å². The largest absolute Gasteiger partial charge is 0.508 e. The van der Waals surface area contributed by atoms with E-state index in [1.807, 2.05) is 0 Å². The van der Waals surface area contributed by atoms with Gasteiger partial charge in [0, 0.05) is 67.9 Å². The van der Waals surface area contributed by atoms with Crippen LogP contribution in [0.15, 0.2) is 146 Å². The van der Waals surface area contributed by atoms with Gasteiger partial charge >= 0.3 is 0 Å². The number of phenols is 1. The van der Waals surface area contributed by atoms with Crippen LogP contribution in [-0.2, 0) is 99.2 Å². The summed E-state index contributed by atoms with van der Waals surface area (Å²) in [5, 5.41) is 83.1. The topological polar surface area (TPSA) is 662 Å². The molecule has 39 nitrogen and oxygen atoms in total. The van der Waals surface area contributed by atoms with E-state index in [1.165, 1.54) is 41.6 Å². The average Bonchev–Trinajstić information content (AvgIpc) is 0.844. The Labute approximate surface area is 713 Å². The van der Waals surface area contributed by atoms with Gasteiger partial charge in [0.2, 0.25) is 80.6 Å². The molecule has 13 amide bonds. The number of hydrogen-bond donors (Lipinski definition) is 25. The summed E-state index contributed by atoms with van der Waals surface area (Å²) in [7, 11) is 1.56. The van der Waals surface area contributed by atoms with Gasteiger partial charge in [-0.05, 0) is 105 Å². The number of phenolic OH excluding ortho intramolecular Hbond substituents is 1. The second kappa shape index (κ2) is 51.5. The zero-order valence-corrected chi connectivity index (χ0v) is 69.8. The van der Waals surface area contributed by atoms with Crippen LogP contribution in [0.5, 0.6) is 5.75 Å². The first-order valence-corrected chi connectivity index (χ1v) is 40.2. The fourth-order valence-corrected chi connectivity index (χ4v) is 13.0. The summed E-state index contributed by atoms with van der Waals surface area (Å²) < 4.78 is -0.452. The van der Waals surface area contributed by atoms with E-state index in [9.17, 15) is 77.3 Å². The predicted octanol–water partition coefficient (Wildman–Crippen LogP) is -3.63. The minimum Gasteiger partial charge on any atom is -0.508 e. The highest BCUT2D eigenvalue weighted by Gasteiger charge is 2.39. The van der Waals surface area contributed by atoms with Crippen LogP contribution in [0.25, 0.3) is 0 Å². The molecule has 0 aliphatic rings. The predicted molar refractivity (Wildman–Crippen MR) is 457 cm³/mol. The van der Waals surface area contributed by atoms with Crippen LogP contribution in [0.1, 0.15) is 100.0 Å². The number of halogens is 1. The van der Waals surface area contributed by atoms with E-state index in [1.54, 1.807) is 154 Å². The molecule has 5 aromatic rings. The van der Waals surface area contributed by atoms with Gasteiger partial charge in [-0.2, -0.15) is 0 Å². The van der Waals surface area contributed by atoms with Gasteiger partial charge in [0.05, 0.1) is 31.0 Å². The van der Waals surface area contributed by atoms with Gasteiger partial charge in [-0.15, -0.1) is 0 Å². The third-order valence-electron chi connectivity index (χ3n) is 18.9. The molecule has 0 aliphatic carbocycles. The molecule has 0 bridgehead atoms. The molecule has 5 rings (SSSR count). The Morgan fingerprint density at radius 1 is 0.331 bits per heavy atom. The maximum Gasteiger partial charge on any atom is 0.245 e. The summed E-state index contributed by atoms with van der Waals surface area (Å²) in [5.41, 5.74) is 30.7. The van der Waals surface area contributed by atoms with Gasteiger partial charge in [-0.1, -0.05) is 147 Å². The lowest BCUT2D eigenvalue weighted by Crippen LogP contribution is -2.62. The number of primary amides is 2. The number of benzene rings is 5. The van der Waals surface area contributed by atoms with E-state index in [2.05, 4.69) is 79.8 Å². The summed E-state index contributed by atoms with van der Waals surface area (Å²) in [5.74, 6) is -15.2. The molecular formula is C81H112IN23O16. The summed E-state index contributed by atoms with van der Waals surface area (Å²) in [6, 6.07) is 21.1. The maximum atomic E-state index is 15.0. The van der Waals surface area contributed by atoms with Crippen LogP contribution in [0, 0.1) is 22.1 Å². The zero-order valence-electron chi connectivity index (χ0n) is 67.6. The van der Waals surface area contributed by atoms with Crippen molar-refractivity contribution in [3.05, 3.63) is 173 Å². The number of nitrogens with two attached hydrogens (primary N) is 5. The molecule has 0 aromatic heterocycles. The highest BCUT2D eigenvalue weighted by Crippen LogP contribution is 2.17. The van der Waals surface area contributed by atoms with Crippen LogP contribution in [0.3, 0.4) is 0 Å². The van der Waals surface area contributed by atoms with E-state index in [0.717, 1.165) is 0 Å². The smallest absolute Gasteiger partial charge is 0.245 e. The second-order valence-electron chi connectivity index (χ2n) is 29.1. The molecule has 0 heterocycles. The molecule has 0 saturated heterocycles. The Morgan fingerprint density at radius 2 is 0.579 bits per heavy atom. The van der Waals surface area contributed by atoms with E-state index in [0.29, 0.717) is 34.2 Å². The molecule has 0 fully saturated rings. The average molecular weight is 1790 g/mol. The normalized spacial score (nSPS) is 14.2. The van der Waals surface area contributed by atoms with Crippen molar-refractivity contribution < 1.29 is 77.3 Å². The molecular weight excluding hydrogens is 1680 g/mol. The van der Waals surface area contributed by atoms with Gasteiger partial charge in [0.15, 0.2) is 17.9 Å².